The van der Waals surface area contributed by atoms with E-state index in [-0.39, 0.29) is 5.25 Å². The van der Waals surface area contributed by atoms with E-state index in [1.54, 1.807) is 24.8 Å². The summed E-state index contributed by atoms with van der Waals surface area (Å²) in [4.78, 5) is 21.1. The molecule has 1 aliphatic rings. The molecule has 3 aromatic heterocycles. The summed E-state index contributed by atoms with van der Waals surface area (Å²) in [6.07, 6.45) is 4.90. The van der Waals surface area contributed by atoms with Gasteiger partial charge in [0.1, 0.15) is 5.69 Å². The fourth-order valence-electron chi connectivity index (χ4n) is 3.89. The number of nitrogens with zero attached hydrogens (tertiary/aromatic N) is 4. The minimum Gasteiger partial charge on any atom is -0.475 e. The summed E-state index contributed by atoms with van der Waals surface area (Å²) in [6.45, 7) is 0. The quantitative estimate of drug-likeness (QED) is 0.378. The number of benzene rings is 1. The molecule has 4 aromatic rings. The molecule has 2 N–H and O–H groups in total. The van der Waals surface area contributed by atoms with Gasteiger partial charge in [0, 0.05) is 11.8 Å². The lowest BCUT2D eigenvalue weighted by Gasteiger charge is -2.10. The Morgan fingerprint density at radius 3 is 2.32 bits per heavy atom. The van der Waals surface area contributed by atoms with Gasteiger partial charge in [0.2, 0.25) is 0 Å². The maximum absolute atomic E-state index is 12.8. The van der Waals surface area contributed by atoms with Crippen LogP contribution in [0.5, 0.6) is 0 Å². The van der Waals surface area contributed by atoms with Gasteiger partial charge < -0.3 is 10.1 Å². The number of pyridine rings is 1. The standard InChI is InChI=1S/C22H21N5O2S.C2HF3O2/c28-30(29,19-8-4-5-9-19)27-15-18(13-25-27)17-10-11-23-20(12-17)22-24-14-21(26-22)16-6-2-1-3-7-16;3-2(4,5)1(6)7/h1-3,6-7,10-15,19H,4-5,8-9H2,(H,24,26);(H,6,7). The number of hydrogen-bond acceptors (Lipinski definition) is 6. The Morgan fingerprint density at radius 2 is 1.68 bits per heavy atom. The number of carbonyl (C=O) groups is 1. The van der Waals surface area contributed by atoms with Crippen LogP contribution in [-0.4, -0.2) is 55.1 Å². The van der Waals surface area contributed by atoms with Crippen LogP contribution in [0, 0.1) is 0 Å². The minimum atomic E-state index is -5.08. The average molecular weight is 534 g/mol. The number of carboxylic acid groups (broad SMARTS) is 1. The Morgan fingerprint density at radius 1 is 1.00 bits per heavy atom. The maximum atomic E-state index is 12.8. The Balaban J connectivity index is 0.000000405. The number of imidazole rings is 1. The van der Waals surface area contributed by atoms with Gasteiger partial charge in [-0.1, -0.05) is 43.2 Å². The van der Waals surface area contributed by atoms with Crippen molar-refractivity contribution in [2.45, 2.75) is 37.1 Å². The van der Waals surface area contributed by atoms with Gasteiger partial charge >= 0.3 is 12.1 Å². The summed E-state index contributed by atoms with van der Waals surface area (Å²) in [5.74, 6) is -2.10. The van der Waals surface area contributed by atoms with E-state index in [0.29, 0.717) is 24.4 Å². The van der Waals surface area contributed by atoms with Crippen molar-refractivity contribution >= 4 is 16.0 Å². The van der Waals surface area contributed by atoms with Crippen LogP contribution in [0.25, 0.3) is 33.9 Å². The molecule has 194 valence electrons. The lowest BCUT2D eigenvalue weighted by atomic mass is 10.1. The van der Waals surface area contributed by atoms with Gasteiger partial charge in [-0.3, -0.25) is 4.98 Å². The molecule has 0 aliphatic heterocycles. The molecule has 0 saturated heterocycles. The van der Waals surface area contributed by atoms with Crippen LogP contribution >= 0.6 is 0 Å². The number of aromatic amines is 1. The predicted molar refractivity (Wildman–Crippen MR) is 129 cm³/mol. The van der Waals surface area contributed by atoms with Gasteiger partial charge in [0.05, 0.1) is 29.5 Å². The number of alkyl halides is 3. The fraction of sp³-hybridized carbons (Fsp3) is 0.250. The number of halogens is 3. The third-order valence-corrected chi connectivity index (χ3v) is 7.82. The summed E-state index contributed by atoms with van der Waals surface area (Å²) < 4.78 is 58.4. The number of aliphatic carboxylic acids is 1. The van der Waals surface area contributed by atoms with Crippen LogP contribution in [0.4, 0.5) is 13.2 Å². The third kappa shape index (κ3) is 6.05. The number of carboxylic acids is 1. The highest BCUT2D eigenvalue weighted by Gasteiger charge is 2.38. The topological polar surface area (TPSA) is 131 Å². The average Bonchev–Trinajstić information content (AvgIpc) is 3.66. The fourth-order valence-corrected chi connectivity index (χ4v) is 5.56. The normalized spacial score (nSPS) is 14.2. The monoisotopic (exact) mass is 533 g/mol. The van der Waals surface area contributed by atoms with E-state index in [1.807, 2.05) is 42.5 Å². The maximum Gasteiger partial charge on any atom is 0.490 e. The number of aromatic nitrogens is 5. The molecular weight excluding hydrogens is 511 g/mol. The number of H-pyrrole nitrogens is 1. The molecule has 1 aromatic carbocycles. The molecule has 1 fully saturated rings. The van der Waals surface area contributed by atoms with Gasteiger partial charge in [-0.15, -0.1) is 0 Å². The first-order valence-corrected chi connectivity index (χ1v) is 12.7. The number of hydrogen-bond donors (Lipinski definition) is 2. The molecule has 0 atom stereocenters. The van der Waals surface area contributed by atoms with E-state index in [9.17, 15) is 21.6 Å². The lowest BCUT2D eigenvalue weighted by Crippen LogP contribution is -2.25. The second-order valence-electron chi connectivity index (χ2n) is 8.30. The first kappa shape index (κ1) is 26.1. The zero-order valence-corrected chi connectivity index (χ0v) is 20.1. The molecule has 0 amide bonds. The molecule has 9 nitrogen and oxygen atoms in total. The summed E-state index contributed by atoms with van der Waals surface area (Å²) in [5.41, 5.74) is 4.21. The van der Waals surface area contributed by atoms with E-state index < -0.39 is 22.2 Å². The summed E-state index contributed by atoms with van der Waals surface area (Å²) in [5, 5.41) is 10.9. The highest BCUT2D eigenvalue weighted by Crippen LogP contribution is 2.28. The van der Waals surface area contributed by atoms with Crippen molar-refractivity contribution < 1.29 is 31.5 Å². The molecule has 37 heavy (non-hydrogen) atoms. The van der Waals surface area contributed by atoms with E-state index in [2.05, 4.69) is 20.1 Å². The zero-order valence-electron chi connectivity index (χ0n) is 19.3. The number of nitrogens with one attached hydrogen (secondary N) is 1. The molecule has 13 heteroatoms. The van der Waals surface area contributed by atoms with E-state index in [0.717, 1.165) is 39.3 Å². The van der Waals surface area contributed by atoms with Crippen LogP contribution in [0.3, 0.4) is 0 Å². The summed E-state index contributed by atoms with van der Waals surface area (Å²) in [7, 11) is -3.44. The van der Waals surface area contributed by atoms with Crippen molar-refractivity contribution in [3.63, 3.8) is 0 Å². The third-order valence-electron chi connectivity index (χ3n) is 5.78. The van der Waals surface area contributed by atoms with Gasteiger partial charge in [-0.05, 0) is 36.1 Å². The van der Waals surface area contributed by atoms with Gasteiger partial charge in [-0.25, -0.2) is 18.2 Å². The molecule has 3 heterocycles. The Bertz CT molecular complexity index is 1480. The van der Waals surface area contributed by atoms with Crippen molar-refractivity contribution in [3.8, 4) is 33.9 Å². The van der Waals surface area contributed by atoms with Crippen LogP contribution in [0.2, 0.25) is 0 Å². The smallest absolute Gasteiger partial charge is 0.475 e. The second kappa shape index (κ2) is 10.5. The molecule has 0 unspecified atom stereocenters. The van der Waals surface area contributed by atoms with E-state index >= 15 is 0 Å². The molecule has 0 bridgehead atoms. The largest absolute Gasteiger partial charge is 0.490 e. The lowest BCUT2D eigenvalue weighted by molar-refractivity contribution is -0.192. The van der Waals surface area contributed by atoms with Crippen molar-refractivity contribution in [3.05, 3.63) is 67.3 Å². The Labute approximate surface area is 210 Å². The summed E-state index contributed by atoms with van der Waals surface area (Å²) in [6, 6.07) is 13.7. The highest BCUT2D eigenvalue weighted by molar-refractivity contribution is 7.90. The van der Waals surface area contributed by atoms with Gasteiger partial charge in [-0.2, -0.15) is 22.4 Å². The van der Waals surface area contributed by atoms with E-state index in [4.69, 9.17) is 9.90 Å². The van der Waals surface area contributed by atoms with Crippen LogP contribution in [-0.2, 0) is 14.8 Å². The first-order chi connectivity index (χ1) is 17.6. The van der Waals surface area contributed by atoms with E-state index in [1.165, 1.54) is 0 Å². The van der Waals surface area contributed by atoms with Gasteiger partial charge in [0.25, 0.3) is 10.0 Å². The summed E-state index contributed by atoms with van der Waals surface area (Å²) >= 11 is 0. The van der Waals surface area contributed by atoms with Gasteiger partial charge in [0.15, 0.2) is 5.82 Å². The predicted octanol–water partition coefficient (Wildman–Crippen LogP) is 4.76. The second-order valence-corrected chi connectivity index (χ2v) is 10.4. The van der Waals surface area contributed by atoms with Crippen molar-refractivity contribution in [2.75, 3.05) is 0 Å². The Kier molecular flexibility index (Phi) is 7.43. The molecule has 0 radical (unpaired) electrons. The highest BCUT2D eigenvalue weighted by atomic mass is 32.2. The van der Waals surface area contributed by atoms with Crippen LogP contribution in [0.1, 0.15) is 25.7 Å². The number of rotatable bonds is 5. The molecular formula is C24H22F3N5O4S. The van der Waals surface area contributed by atoms with Crippen molar-refractivity contribution in [1.29, 1.82) is 0 Å². The van der Waals surface area contributed by atoms with Crippen molar-refractivity contribution in [1.82, 2.24) is 24.1 Å². The van der Waals surface area contributed by atoms with Crippen LogP contribution < -0.4 is 0 Å². The molecule has 1 saturated carbocycles. The SMILES string of the molecule is O=C(O)C(F)(F)F.O=S(=O)(C1CCCC1)n1cc(-c2ccnc(-c3ncc(-c4ccccc4)[nH]3)c2)cn1. The Hall–Kier alpha value is -4.00. The zero-order chi connectivity index (χ0) is 26.6. The van der Waals surface area contributed by atoms with Crippen LogP contribution in [0.15, 0.2) is 67.3 Å². The molecule has 0 spiro atoms. The minimum absolute atomic E-state index is 0.335. The first-order valence-electron chi connectivity index (χ1n) is 11.2. The van der Waals surface area contributed by atoms with Crippen molar-refractivity contribution in [2.24, 2.45) is 0 Å². The molecule has 5 rings (SSSR count). The molecule has 1 aliphatic carbocycles.